The lowest BCUT2D eigenvalue weighted by Gasteiger charge is -2.06. The standard InChI is InChI=1S/C13H15ClN2O/c1-8(2)16-9(3)13(17)12(15-16)10-4-6-11(14)7-5-10/h4-8,17H,1-3H3. The molecule has 1 N–H and O–H groups in total. The Labute approximate surface area is 106 Å². The fraction of sp³-hybridized carbons (Fsp3) is 0.308. The van der Waals surface area contributed by atoms with Gasteiger partial charge in [0.25, 0.3) is 0 Å². The van der Waals surface area contributed by atoms with Crippen LogP contribution in [0.3, 0.4) is 0 Å². The van der Waals surface area contributed by atoms with Crippen LogP contribution in [0.1, 0.15) is 25.6 Å². The minimum absolute atomic E-state index is 0.224. The number of hydrogen-bond donors (Lipinski definition) is 1. The first kappa shape index (κ1) is 12.0. The van der Waals surface area contributed by atoms with Crippen LogP contribution in [0, 0.1) is 6.92 Å². The molecule has 0 aliphatic heterocycles. The molecule has 0 bridgehead atoms. The Bertz CT molecular complexity index is 529. The molecule has 0 aliphatic rings. The number of aromatic nitrogens is 2. The first-order valence-electron chi connectivity index (χ1n) is 5.54. The molecule has 2 aromatic rings. The molecule has 17 heavy (non-hydrogen) atoms. The van der Waals surface area contributed by atoms with E-state index in [2.05, 4.69) is 5.10 Å². The molecule has 0 radical (unpaired) electrons. The van der Waals surface area contributed by atoms with Gasteiger partial charge in [-0.1, -0.05) is 23.7 Å². The van der Waals surface area contributed by atoms with E-state index in [0.29, 0.717) is 10.7 Å². The molecule has 0 amide bonds. The summed E-state index contributed by atoms with van der Waals surface area (Å²) in [6, 6.07) is 7.52. The molecule has 90 valence electrons. The summed E-state index contributed by atoms with van der Waals surface area (Å²) in [5.41, 5.74) is 2.26. The molecule has 0 unspecified atom stereocenters. The average Bonchev–Trinajstić information content (AvgIpc) is 2.58. The summed E-state index contributed by atoms with van der Waals surface area (Å²) in [5.74, 6) is 0.237. The van der Waals surface area contributed by atoms with Crippen molar-refractivity contribution >= 4 is 11.6 Å². The van der Waals surface area contributed by atoms with E-state index in [9.17, 15) is 5.11 Å². The maximum atomic E-state index is 10.1. The van der Waals surface area contributed by atoms with Crippen LogP contribution in [0.25, 0.3) is 11.3 Å². The normalized spacial score (nSPS) is 11.1. The van der Waals surface area contributed by atoms with Gasteiger partial charge in [-0.15, -0.1) is 0 Å². The molecule has 1 aromatic heterocycles. The van der Waals surface area contributed by atoms with Crippen LogP contribution < -0.4 is 0 Å². The van der Waals surface area contributed by atoms with Gasteiger partial charge >= 0.3 is 0 Å². The lowest BCUT2D eigenvalue weighted by atomic mass is 10.1. The van der Waals surface area contributed by atoms with E-state index in [0.717, 1.165) is 11.3 Å². The second kappa shape index (κ2) is 4.41. The third-order valence-electron chi connectivity index (χ3n) is 2.73. The van der Waals surface area contributed by atoms with Gasteiger partial charge in [0.15, 0.2) is 5.75 Å². The molecule has 0 spiro atoms. The summed E-state index contributed by atoms with van der Waals surface area (Å²) >= 11 is 5.84. The Balaban J connectivity index is 2.53. The first-order chi connectivity index (χ1) is 8.00. The largest absolute Gasteiger partial charge is 0.504 e. The number of benzene rings is 1. The molecule has 1 aromatic carbocycles. The van der Waals surface area contributed by atoms with Crippen molar-refractivity contribution in [1.29, 1.82) is 0 Å². The van der Waals surface area contributed by atoms with Crippen molar-refractivity contribution in [1.82, 2.24) is 9.78 Å². The zero-order valence-corrected chi connectivity index (χ0v) is 10.9. The minimum Gasteiger partial charge on any atom is -0.504 e. The Hall–Kier alpha value is -1.48. The van der Waals surface area contributed by atoms with Crippen LogP contribution in [-0.2, 0) is 0 Å². The summed E-state index contributed by atoms with van der Waals surface area (Å²) in [4.78, 5) is 0. The first-order valence-corrected chi connectivity index (χ1v) is 5.92. The molecule has 0 saturated carbocycles. The third kappa shape index (κ3) is 2.15. The molecular weight excluding hydrogens is 236 g/mol. The number of rotatable bonds is 2. The second-order valence-electron chi connectivity index (χ2n) is 4.33. The van der Waals surface area contributed by atoms with E-state index < -0.39 is 0 Å². The molecular formula is C13H15ClN2O. The minimum atomic E-state index is 0.224. The highest BCUT2D eigenvalue weighted by Crippen LogP contribution is 2.32. The van der Waals surface area contributed by atoms with E-state index in [1.807, 2.05) is 37.6 Å². The lowest BCUT2D eigenvalue weighted by molar-refractivity contribution is 0.461. The SMILES string of the molecule is Cc1c(O)c(-c2ccc(Cl)cc2)nn1C(C)C. The highest BCUT2D eigenvalue weighted by atomic mass is 35.5. The molecule has 0 aliphatic carbocycles. The van der Waals surface area contributed by atoms with E-state index in [4.69, 9.17) is 11.6 Å². The maximum absolute atomic E-state index is 10.1. The topological polar surface area (TPSA) is 38.1 Å². The predicted molar refractivity (Wildman–Crippen MR) is 69.5 cm³/mol. The van der Waals surface area contributed by atoms with E-state index in [1.165, 1.54) is 0 Å². The Morgan fingerprint density at radius 3 is 2.29 bits per heavy atom. The molecule has 0 fully saturated rings. The van der Waals surface area contributed by atoms with Crippen LogP contribution in [-0.4, -0.2) is 14.9 Å². The molecule has 1 heterocycles. The van der Waals surface area contributed by atoms with Gasteiger partial charge in [-0.25, -0.2) is 0 Å². The highest BCUT2D eigenvalue weighted by Gasteiger charge is 2.16. The van der Waals surface area contributed by atoms with Crippen LogP contribution in [0.4, 0.5) is 0 Å². The van der Waals surface area contributed by atoms with Crippen molar-refractivity contribution < 1.29 is 5.11 Å². The third-order valence-corrected chi connectivity index (χ3v) is 2.98. The zero-order valence-electron chi connectivity index (χ0n) is 10.1. The molecule has 2 rings (SSSR count). The number of nitrogens with zero attached hydrogens (tertiary/aromatic N) is 2. The van der Waals surface area contributed by atoms with Crippen molar-refractivity contribution in [2.24, 2.45) is 0 Å². The lowest BCUT2D eigenvalue weighted by Crippen LogP contribution is -2.04. The van der Waals surface area contributed by atoms with Gasteiger partial charge in [-0.2, -0.15) is 5.10 Å². The summed E-state index contributed by atoms with van der Waals surface area (Å²) in [5, 5.41) is 15.2. The molecule has 3 nitrogen and oxygen atoms in total. The van der Waals surface area contributed by atoms with Crippen molar-refractivity contribution in [3.63, 3.8) is 0 Å². The summed E-state index contributed by atoms with van der Waals surface area (Å²) in [7, 11) is 0. The summed E-state index contributed by atoms with van der Waals surface area (Å²) in [6.07, 6.45) is 0. The van der Waals surface area contributed by atoms with Crippen molar-refractivity contribution in [2.45, 2.75) is 26.8 Å². The molecule has 0 saturated heterocycles. The Morgan fingerprint density at radius 1 is 1.24 bits per heavy atom. The van der Waals surface area contributed by atoms with Gasteiger partial charge < -0.3 is 5.11 Å². The van der Waals surface area contributed by atoms with Crippen LogP contribution in [0.15, 0.2) is 24.3 Å². The van der Waals surface area contributed by atoms with Gasteiger partial charge in [0.1, 0.15) is 5.69 Å². The summed E-state index contributed by atoms with van der Waals surface area (Å²) < 4.78 is 1.82. The predicted octanol–water partition coefficient (Wildman–Crippen LogP) is 3.80. The van der Waals surface area contributed by atoms with Gasteiger partial charge in [0.2, 0.25) is 0 Å². The quantitative estimate of drug-likeness (QED) is 0.880. The smallest absolute Gasteiger partial charge is 0.164 e. The van der Waals surface area contributed by atoms with Gasteiger partial charge in [-0.05, 0) is 32.9 Å². The zero-order chi connectivity index (χ0) is 12.6. The Kier molecular flexibility index (Phi) is 3.11. The fourth-order valence-electron chi connectivity index (χ4n) is 1.81. The summed E-state index contributed by atoms with van der Waals surface area (Å²) in [6.45, 7) is 5.93. The average molecular weight is 251 g/mol. The highest BCUT2D eigenvalue weighted by molar-refractivity contribution is 6.30. The monoisotopic (exact) mass is 250 g/mol. The van der Waals surface area contributed by atoms with Crippen LogP contribution in [0.5, 0.6) is 5.75 Å². The van der Waals surface area contributed by atoms with Crippen molar-refractivity contribution in [3.05, 3.63) is 35.0 Å². The maximum Gasteiger partial charge on any atom is 0.164 e. The number of halogens is 1. The van der Waals surface area contributed by atoms with Gasteiger partial charge in [0, 0.05) is 16.6 Å². The molecule has 0 atom stereocenters. The molecule has 4 heteroatoms. The van der Waals surface area contributed by atoms with Crippen LogP contribution in [0.2, 0.25) is 5.02 Å². The van der Waals surface area contributed by atoms with Crippen LogP contribution >= 0.6 is 11.6 Å². The Morgan fingerprint density at radius 2 is 1.82 bits per heavy atom. The van der Waals surface area contributed by atoms with Crippen molar-refractivity contribution in [3.8, 4) is 17.0 Å². The van der Waals surface area contributed by atoms with E-state index >= 15 is 0 Å². The van der Waals surface area contributed by atoms with Crippen molar-refractivity contribution in [2.75, 3.05) is 0 Å². The second-order valence-corrected chi connectivity index (χ2v) is 4.76. The fourth-order valence-corrected chi connectivity index (χ4v) is 1.94. The number of hydrogen-bond acceptors (Lipinski definition) is 2. The van der Waals surface area contributed by atoms with Gasteiger partial charge in [-0.3, -0.25) is 4.68 Å². The number of aromatic hydroxyl groups is 1. The van der Waals surface area contributed by atoms with Gasteiger partial charge in [0.05, 0.1) is 5.69 Å². The van der Waals surface area contributed by atoms with E-state index in [1.54, 1.807) is 12.1 Å². The van der Waals surface area contributed by atoms with E-state index in [-0.39, 0.29) is 11.8 Å².